The Labute approximate surface area is 67.2 Å². The number of hydroxylamine groups is 2. The standard InChI is InChI=1S/C8H15NO2/c1-2-6-11-9-5-3-4-8(10)7-9/h2,8,10H,1,3-7H2. The summed E-state index contributed by atoms with van der Waals surface area (Å²) in [5.74, 6) is 0. The highest BCUT2D eigenvalue weighted by molar-refractivity contribution is 4.68. The van der Waals surface area contributed by atoms with E-state index in [4.69, 9.17) is 4.84 Å². The average molecular weight is 157 g/mol. The number of aliphatic hydroxyl groups excluding tert-OH is 1. The van der Waals surface area contributed by atoms with Crippen LogP contribution in [0.4, 0.5) is 0 Å². The Morgan fingerprint density at radius 3 is 3.18 bits per heavy atom. The van der Waals surface area contributed by atoms with Gasteiger partial charge in [-0.3, -0.25) is 4.84 Å². The zero-order chi connectivity index (χ0) is 8.10. The second kappa shape index (κ2) is 4.49. The number of hydrogen-bond donors (Lipinski definition) is 1. The molecule has 1 fully saturated rings. The van der Waals surface area contributed by atoms with Crippen LogP contribution in [0.1, 0.15) is 12.8 Å². The Morgan fingerprint density at radius 1 is 1.73 bits per heavy atom. The third kappa shape index (κ3) is 3.01. The van der Waals surface area contributed by atoms with Crippen LogP contribution in [0.5, 0.6) is 0 Å². The first-order valence-corrected chi connectivity index (χ1v) is 3.99. The van der Waals surface area contributed by atoms with Crippen LogP contribution in [-0.4, -0.2) is 36.0 Å². The van der Waals surface area contributed by atoms with E-state index in [1.54, 1.807) is 11.1 Å². The highest BCUT2D eigenvalue weighted by Gasteiger charge is 2.17. The smallest absolute Gasteiger partial charge is 0.0864 e. The van der Waals surface area contributed by atoms with Crippen LogP contribution < -0.4 is 0 Å². The van der Waals surface area contributed by atoms with E-state index >= 15 is 0 Å². The summed E-state index contributed by atoms with van der Waals surface area (Å²) in [6.45, 7) is 5.64. The monoisotopic (exact) mass is 157 g/mol. The molecule has 1 aliphatic rings. The molecule has 3 nitrogen and oxygen atoms in total. The summed E-state index contributed by atoms with van der Waals surface area (Å²) in [6.07, 6.45) is 3.40. The first-order valence-electron chi connectivity index (χ1n) is 3.99. The highest BCUT2D eigenvalue weighted by Crippen LogP contribution is 2.09. The van der Waals surface area contributed by atoms with Crippen LogP contribution in [0.25, 0.3) is 0 Å². The molecular formula is C8H15NO2. The van der Waals surface area contributed by atoms with Gasteiger partial charge < -0.3 is 5.11 Å². The fourth-order valence-corrected chi connectivity index (χ4v) is 1.20. The first-order chi connectivity index (χ1) is 5.33. The summed E-state index contributed by atoms with van der Waals surface area (Å²) in [5.41, 5.74) is 0. The molecule has 0 spiro atoms. The fraction of sp³-hybridized carbons (Fsp3) is 0.750. The molecule has 0 amide bonds. The van der Waals surface area contributed by atoms with Gasteiger partial charge in [0.25, 0.3) is 0 Å². The second-order valence-corrected chi connectivity index (χ2v) is 2.77. The third-order valence-electron chi connectivity index (χ3n) is 1.73. The van der Waals surface area contributed by atoms with Crippen molar-refractivity contribution in [2.75, 3.05) is 19.7 Å². The van der Waals surface area contributed by atoms with Gasteiger partial charge in [0, 0.05) is 6.54 Å². The fourth-order valence-electron chi connectivity index (χ4n) is 1.20. The van der Waals surface area contributed by atoms with Gasteiger partial charge in [0.1, 0.15) is 0 Å². The lowest BCUT2D eigenvalue weighted by Gasteiger charge is -2.28. The zero-order valence-corrected chi connectivity index (χ0v) is 6.70. The lowest BCUT2D eigenvalue weighted by molar-refractivity contribution is -0.177. The predicted octanol–water partition coefficient (Wildman–Crippen LogP) is 0.561. The Kier molecular flexibility index (Phi) is 3.56. The summed E-state index contributed by atoms with van der Waals surface area (Å²) >= 11 is 0. The molecule has 1 N–H and O–H groups in total. The van der Waals surface area contributed by atoms with E-state index in [0.717, 1.165) is 19.4 Å². The molecule has 1 rings (SSSR count). The van der Waals surface area contributed by atoms with E-state index in [1.807, 2.05) is 0 Å². The van der Waals surface area contributed by atoms with Crippen LogP contribution >= 0.6 is 0 Å². The molecular weight excluding hydrogens is 142 g/mol. The van der Waals surface area contributed by atoms with Gasteiger partial charge in [0.15, 0.2) is 0 Å². The van der Waals surface area contributed by atoms with Crippen LogP contribution in [-0.2, 0) is 4.84 Å². The van der Waals surface area contributed by atoms with Crippen molar-refractivity contribution in [3.8, 4) is 0 Å². The summed E-state index contributed by atoms with van der Waals surface area (Å²) in [6, 6.07) is 0. The summed E-state index contributed by atoms with van der Waals surface area (Å²) in [7, 11) is 0. The zero-order valence-electron chi connectivity index (χ0n) is 6.70. The van der Waals surface area contributed by atoms with Gasteiger partial charge >= 0.3 is 0 Å². The van der Waals surface area contributed by atoms with Gasteiger partial charge in [0.05, 0.1) is 19.3 Å². The average Bonchev–Trinajstić information content (AvgIpc) is 2.01. The van der Waals surface area contributed by atoms with E-state index < -0.39 is 0 Å². The van der Waals surface area contributed by atoms with E-state index in [2.05, 4.69) is 6.58 Å². The highest BCUT2D eigenvalue weighted by atomic mass is 16.7. The van der Waals surface area contributed by atoms with Crippen molar-refractivity contribution in [1.82, 2.24) is 5.06 Å². The Bertz CT molecular complexity index is 127. The number of rotatable bonds is 3. The summed E-state index contributed by atoms with van der Waals surface area (Å²) < 4.78 is 0. The Balaban J connectivity index is 2.17. The van der Waals surface area contributed by atoms with Gasteiger partial charge in [-0.1, -0.05) is 6.08 Å². The second-order valence-electron chi connectivity index (χ2n) is 2.77. The largest absolute Gasteiger partial charge is 0.392 e. The predicted molar refractivity (Wildman–Crippen MR) is 43.0 cm³/mol. The normalized spacial score (nSPS) is 26.8. The van der Waals surface area contributed by atoms with Crippen molar-refractivity contribution in [1.29, 1.82) is 0 Å². The quantitative estimate of drug-likeness (QED) is 0.608. The molecule has 3 heteroatoms. The van der Waals surface area contributed by atoms with Crippen molar-refractivity contribution >= 4 is 0 Å². The van der Waals surface area contributed by atoms with Crippen molar-refractivity contribution < 1.29 is 9.94 Å². The van der Waals surface area contributed by atoms with E-state index in [9.17, 15) is 5.11 Å². The lowest BCUT2D eigenvalue weighted by atomic mass is 10.1. The summed E-state index contributed by atoms with van der Waals surface area (Å²) in [4.78, 5) is 5.26. The van der Waals surface area contributed by atoms with Crippen LogP contribution in [0.15, 0.2) is 12.7 Å². The maximum Gasteiger partial charge on any atom is 0.0864 e. The molecule has 0 radical (unpaired) electrons. The Hall–Kier alpha value is -0.380. The molecule has 1 aliphatic heterocycles. The lowest BCUT2D eigenvalue weighted by Crippen LogP contribution is -2.38. The maximum absolute atomic E-state index is 9.23. The van der Waals surface area contributed by atoms with Gasteiger partial charge in [-0.25, -0.2) is 0 Å². The summed E-state index contributed by atoms with van der Waals surface area (Å²) in [5, 5.41) is 11.0. The topological polar surface area (TPSA) is 32.7 Å². The molecule has 0 bridgehead atoms. The van der Waals surface area contributed by atoms with E-state index in [1.165, 1.54) is 0 Å². The number of nitrogens with zero attached hydrogens (tertiary/aromatic N) is 1. The molecule has 1 unspecified atom stereocenters. The van der Waals surface area contributed by atoms with Crippen LogP contribution in [0, 0.1) is 0 Å². The minimum absolute atomic E-state index is 0.214. The molecule has 11 heavy (non-hydrogen) atoms. The van der Waals surface area contributed by atoms with Crippen LogP contribution in [0.2, 0.25) is 0 Å². The molecule has 0 aromatic rings. The molecule has 1 heterocycles. The van der Waals surface area contributed by atoms with Crippen molar-refractivity contribution in [3.05, 3.63) is 12.7 Å². The molecule has 0 aliphatic carbocycles. The van der Waals surface area contributed by atoms with Gasteiger partial charge in [-0.15, -0.1) is 6.58 Å². The third-order valence-corrected chi connectivity index (χ3v) is 1.73. The van der Waals surface area contributed by atoms with E-state index in [0.29, 0.717) is 13.2 Å². The van der Waals surface area contributed by atoms with Gasteiger partial charge in [0.2, 0.25) is 0 Å². The number of hydrogen-bond acceptors (Lipinski definition) is 3. The SMILES string of the molecule is C=CCON1CCCC(O)C1. The molecule has 0 saturated carbocycles. The minimum atomic E-state index is -0.214. The van der Waals surface area contributed by atoms with E-state index in [-0.39, 0.29) is 6.10 Å². The van der Waals surface area contributed by atoms with Crippen molar-refractivity contribution in [2.45, 2.75) is 18.9 Å². The van der Waals surface area contributed by atoms with Gasteiger partial charge in [-0.2, -0.15) is 5.06 Å². The molecule has 0 aromatic heterocycles. The molecule has 1 atom stereocenters. The van der Waals surface area contributed by atoms with Crippen molar-refractivity contribution in [3.63, 3.8) is 0 Å². The number of piperidine rings is 1. The molecule has 1 saturated heterocycles. The Morgan fingerprint density at radius 2 is 2.55 bits per heavy atom. The number of β-amino-alcohol motifs (C(OH)–C–C–N with tert-alkyl or cyclic N) is 1. The maximum atomic E-state index is 9.23. The molecule has 0 aromatic carbocycles. The molecule has 64 valence electrons. The van der Waals surface area contributed by atoms with Crippen molar-refractivity contribution in [2.24, 2.45) is 0 Å². The minimum Gasteiger partial charge on any atom is -0.392 e. The van der Waals surface area contributed by atoms with Gasteiger partial charge in [-0.05, 0) is 12.8 Å². The van der Waals surface area contributed by atoms with Crippen LogP contribution in [0.3, 0.4) is 0 Å². The first kappa shape index (κ1) is 8.71. The number of aliphatic hydroxyl groups is 1.